The van der Waals surface area contributed by atoms with E-state index < -0.39 is 0 Å². The summed E-state index contributed by atoms with van der Waals surface area (Å²) in [4.78, 5) is 2.51. The highest BCUT2D eigenvalue weighted by molar-refractivity contribution is 7.26. The van der Waals surface area contributed by atoms with Gasteiger partial charge in [-0.1, -0.05) is 173 Å². The van der Waals surface area contributed by atoms with Gasteiger partial charge in [-0.3, -0.25) is 0 Å². The zero-order valence-electron chi connectivity index (χ0n) is 32.6. The highest BCUT2D eigenvalue weighted by atomic mass is 32.1. The van der Waals surface area contributed by atoms with Crippen LogP contribution < -0.4 is 4.90 Å². The SMILES string of the molecule is CC1(C)c2ccccc2-c2ccc(N(c3ccc4c(c3)sc3c(-c5ccc(C6CCCCC6)cc5)cccc34)c3ccccc3-c3cccc4ccccc34)cc21. The quantitative estimate of drug-likeness (QED) is 0.164. The van der Waals surface area contributed by atoms with Crippen LogP contribution in [0.25, 0.3) is 64.3 Å². The van der Waals surface area contributed by atoms with E-state index in [0.29, 0.717) is 5.92 Å². The molecule has 1 aromatic heterocycles. The summed E-state index contributed by atoms with van der Waals surface area (Å²) < 4.78 is 2.66. The normalized spacial score (nSPS) is 14.9. The molecule has 11 rings (SSSR count). The smallest absolute Gasteiger partial charge is 0.0540 e. The number of hydrogen-bond acceptors (Lipinski definition) is 2. The van der Waals surface area contributed by atoms with Crippen molar-refractivity contribution in [2.24, 2.45) is 0 Å². The van der Waals surface area contributed by atoms with E-state index in [2.05, 4.69) is 189 Å². The Hall–Kier alpha value is -5.96. The largest absolute Gasteiger partial charge is 0.310 e. The third-order valence-electron chi connectivity index (χ3n) is 13.1. The van der Waals surface area contributed by atoms with Crippen LogP contribution in [0, 0.1) is 0 Å². The minimum atomic E-state index is -0.108. The summed E-state index contributed by atoms with van der Waals surface area (Å²) in [6, 6.07) is 64.0. The average Bonchev–Trinajstić information content (AvgIpc) is 3.75. The molecule has 2 aliphatic rings. The molecule has 0 radical (unpaired) electrons. The molecule has 276 valence electrons. The maximum absolute atomic E-state index is 2.51. The van der Waals surface area contributed by atoms with Crippen molar-refractivity contribution >= 4 is 59.3 Å². The number of benzene rings is 8. The predicted octanol–water partition coefficient (Wildman–Crippen LogP) is 16.4. The molecule has 1 saturated carbocycles. The van der Waals surface area contributed by atoms with Crippen LogP contribution in [0.2, 0.25) is 0 Å². The van der Waals surface area contributed by atoms with E-state index in [9.17, 15) is 0 Å². The molecule has 0 spiro atoms. The highest BCUT2D eigenvalue weighted by Gasteiger charge is 2.36. The first-order valence-electron chi connectivity index (χ1n) is 20.7. The average molecular weight is 752 g/mol. The van der Waals surface area contributed by atoms with Gasteiger partial charge in [-0.25, -0.2) is 0 Å². The van der Waals surface area contributed by atoms with Gasteiger partial charge in [0.1, 0.15) is 0 Å². The van der Waals surface area contributed by atoms with Crippen LogP contribution in [-0.2, 0) is 5.41 Å². The zero-order chi connectivity index (χ0) is 38.1. The van der Waals surface area contributed by atoms with Crippen molar-refractivity contribution in [3.63, 3.8) is 0 Å². The van der Waals surface area contributed by atoms with Crippen molar-refractivity contribution in [1.29, 1.82) is 0 Å². The molecule has 0 aliphatic heterocycles. The van der Waals surface area contributed by atoms with Gasteiger partial charge >= 0.3 is 0 Å². The maximum atomic E-state index is 2.51. The fraction of sp³-hybridized carbons (Fsp3) is 0.164. The summed E-state index contributed by atoms with van der Waals surface area (Å²) in [6.45, 7) is 4.75. The van der Waals surface area contributed by atoms with E-state index in [1.165, 1.54) is 124 Å². The number of anilines is 3. The van der Waals surface area contributed by atoms with Crippen LogP contribution in [0.15, 0.2) is 170 Å². The Morgan fingerprint density at radius 2 is 1.14 bits per heavy atom. The molecule has 0 saturated heterocycles. The fourth-order valence-corrected chi connectivity index (χ4v) is 11.4. The van der Waals surface area contributed by atoms with Gasteiger partial charge in [-0.15, -0.1) is 11.3 Å². The van der Waals surface area contributed by atoms with Crippen LogP contribution in [-0.4, -0.2) is 0 Å². The molecule has 1 nitrogen and oxygen atoms in total. The van der Waals surface area contributed by atoms with Crippen LogP contribution in [0.5, 0.6) is 0 Å². The number of para-hydroxylation sites is 1. The second-order valence-corrected chi connectivity index (χ2v) is 17.8. The number of thiophene rings is 1. The molecule has 0 amide bonds. The second-order valence-electron chi connectivity index (χ2n) is 16.7. The molecule has 0 bridgehead atoms. The number of hydrogen-bond donors (Lipinski definition) is 0. The lowest BCUT2D eigenvalue weighted by molar-refractivity contribution is 0.443. The monoisotopic (exact) mass is 751 g/mol. The van der Waals surface area contributed by atoms with Crippen molar-refractivity contribution in [1.82, 2.24) is 0 Å². The fourth-order valence-electron chi connectivity index (χ4n) is 10.1. The molecule has 1 heterocycles. The second kappa shape index (κ2) is 13.6. The zero-order valence-corrected chi connectivity index (χ0v) is 33.5. The molecule has 0 N–H and O–H groups in total. The van der Waals surface area contributed by atoms with Crippen molar-refractivity contribution in [2.45, 2.75) is 57.3 Å². The Kier molecular flexibility index (Phi) is 8.19. The van der Waals surface area contributed by atoms with E-state index in [-0.39, 0.29) is 5.41 Å². The van der Waals surface area contributed by atoms with Gasteiger partial charge in [0.05, 0.1) is 5.69 Å². The standard InChI is InChI=1S/C55H45NS/c1-55(2)50-24-10-8-19-45(50)46-32-30-40(34-51(46)55)56(52-25-11-9-20-47(52)44-22-12-17-38-16-6-7-18-42(38)44)41-31-33-48-49-23-13-21-43(54(49)57-53(48)35-41)39-28-26-37(27-29-39)36-14-4-3-5-15-36/h6-13,16-36H,3-5,14-15H2,1-2H3. The summed E-state index contributed by atoms with van der Waals surface area (Å²) in [5, 5.41) is 5.15. The summed E-state index contributed by atoms with van der Waals surface area (Å²) in [6.07, 6.45) is 6.77. The Morgan fingerprint density at radius 1 is 0.491 bits per heavy atom. The third kappa shape index (κ3) is 5.64. The van der Waals surface area contributed by atoms with Gasteiger partial charge in [-0.05, 0) is 104 Å². The minimum absolute atomic E-state index is 0.108. The van der Waals surface area contributed by atoms with Crippen LogP contribution in [0.3, 0.4) is 0 Å². The molecule has 2 aliphatic carbocycles. The molecular weight excluding hydrogens is 707 g/mol. The van der Waals surface area contributed by atoms with Crippen molar-refractivity contribution in [3.8, 4) is 33.4 Å². The van der Waals surface area contributed by atoms with E-state index in [4.69, 9.17) is 0 Å². The third-order valence-corrected chi connectivity index (χ3v) is 14.3. The lowest BCUT2D eigenvalue weighted by atomic mass is 9.82. The Balaban J connectivity index is 1.08. The first-order chi connectivity index (χ1) is 28.0. The van der Waals surface area contributed by atoms with Gasteiger partial charge in [0.2, 0.25) is 0 Å². The minimum Gasteiger partial charge on any atom is -0.310 e. The van der Waals surface area contributed by atoms with Gasteiger partial charge in [0, 0.05) is 42.5 Å². The molecule has 0 unspecified atom stereocenters. The summed E-state index contributed by atoms with van der Waals surface area (Å²) >= 11 is 1.92. The van der Waals surface area contributed by atoms with Gasteiger partial charge < -0.3 is 4.90 Å². The maximum Gasteiger partial charge on any atom is 0.0540 e. The van der Waals surface area contributed by atoms with Gasteiger partial charge in [0.25, 0.3) is 0 Å². The molecule has 9 aromatic rings. The van der Waals surface area contributed by atoms with Crippen LogP contribution >= 0.6 is 11.3 Å². The van der Waals surface area contributed by atoms with Crippen molar-refractivity contribution < 1.29 is 0 Å². The molecule has 0 atom stereocenters. The van der Waals surface area contributed by atoms with E-state index >= 15 is 0 Å². The lowest BCUT2D eigenvalue weighted by Gasteiger charge is -2.30. The molecule has 1 fully saturated rings. The number of fused-ring (bicyclic) bond motifs is 7. The molecule has 2 heteroatoms. The predicted molar refractivity (Wildman–Crippen MR) is 246 cm³/mol. The Morgan fingerprint density at radius 3 is 2.02 bits per heavy atom. The van der Waals surface area contributed by atoms with Gasteiger partial charge in [-0.2, -0.15) is 0 Å². The summed E-state index contributed by atoms with van der Waals surface area (Å²) in [5.41, 5.74) is 15.4. The number of nitrogens with zero attached hydrogens (tertiary/aromatic N) is 1. The van der Waals surface area contributed by atoms with E-state index in [1.807, 2.05) is 11.3 Å². The lowest BCUT2D eigenvalue weighted by Crippen LogP contribution is -2.16. The van der Waals surface area contributed by atoms with Crippen LogP contribution in [0.4, 0.5) is 17.1 Å². The molecule has 8 aromatic carbocycles. The van der Waals surface area contributed by atoms with E-state index in [0.717, 1.165) is 5.69 Å². The summed E-state index contributed by atoms with van der Waals surface area (Å²) in [5.74, 6) is 0.715. The van der Waals surface area contributed by atoms with Gasteiger partial charge in [0.15, 0.2) is 0 Å². The van der Waals surface area contributed by atoms with Crippen molar-refractivity contribution in [3.05, 3.63) is 187 Å². The first-order valence-corrected chi connectivity index (χ1v) is 21.5. The van der Waals surface area contributed by atoms with Crippen molar-refractivity contribution in [2.75, 3.05) is 4.90 Å². The first kappa shape index (κ1) is 34.3. The molecular formula is C55H45NS. The Bertz CT molecular complexity index is 2970. The topological polar surface area (TPSA) is 3.24 Å². The Labute approximate surface area is 339 Å². The number of rotatable bonds is 6. The van der Waals surface area contributed by atoms with Crippen LogP contribution in [0.1, 0.15) is 68.6 Å². The van der Waals surface area contributed by atoms with E-state index in [1.54, 1.807) is 0 Å². The molecule has 57 heavy (non-hydrogen) atoms. The summed E-state index contributed by atoms with van der Waals surface area (Å²) in [7, 11) is 0. The highest BCUT2D eigenvalue weighted by Crippen LogP contribution is 2.52.